The van der Waals surface area contributed by atoms with Crippen LogP contribution in [0.4, 0.5) is 0 Å². The van der Waals surface area contributed by atoms with Gasteiger partial charge >= 0.3 is 11.9 Å². The molecule has 5 nitrogen and oxygen atoms in total. The van der Waals surface area contributed by atoms with Gasteiger partial charge in [-0.05, 0) is 27.2 Å². The lowest BCUT2D eigenvalue weighted by atomic mass is 9.90. The smallest absolute Gasteiger partial charge is 0.348 e. The first-order chi connectivity index (χ1) is 8.24. The van der Waals surface area contributed by atoms with Crippen LogP contribution in [0.3, 0.4) is 0 Å². The van der Waals surface area contributed by atoms with Crippen molar-refractivity contribution >= 4 is 11.9 Å². The van der Waals surface area contributed by atoms with Crippen LogP contribution in [-0.4, -0.2) is 37.4 Å². The second-order valence-corrected chi connectivity index (χ2v) is 5.64. The highest BCUT2D eigenvalue weighted by molar-refractivity contribution is 5.83. The molecule has 5 heteroatoms. The minimum atomic E-state index is -0.816. The van der Waals surface area contributed by atoms with Gasteiger partial charge in [0.2, 0.25) is 6.10 Å². The summed E-state index contributed by atoms with van der Waals surface area (Å²) in [5.41, 5.74) is -1.28. The van der Waals surface area contributed by atoms with E-state index in [1.54, 1.807) is 27.9 Å². The molecule has 0 aliphatic carbocycles. The lowest BCUT2D eigenvalue weighted by Crippen LogP contribution is -2.33. The number of esters is 2. The normalized spacial score (nSPS) is 28.1. The molecule has 0 aromatic carbocycles. The molecule has 0 aromatic heterocycles. The van der Waals surface area contributed by atoms with Gasteiger partial charge in [0.1, 0.15) is 5.60 Å². The van der Waals surface area contributed by atoms with Gasteiger partial charge in [-0.2, -0.15) is 0 Å². The van der Waals surface area contributed by atoms with Crippen LogP contribution in [0.15, 0.2) is 0 Å². The van der Waals surface area contributed by atoms with E-state index in [1.165, 1.54) is 0 Å². The lowest BCUT2D eigenvalue weighted by molar-refractivity contribution is -0.169. The van der Waals surface area contributed by atoms with E-state index in [1.807, 2.05) is 6.92 Å². The first kappa shape index (κ1) is 15.0. The molecule has 0 N–H and O–H groups in total. The predicted molar refractivity (Wildman–Crippen MR) is 64.9 cm³/mol. The molecular weight excluding hydrogens is 236 g/mol. The Hall–Kier alpha value is -1.10. The zero-order chi connectivity index (χ0) is 14.0. The van der Waals surface area contributed by atoms with Gasteiger partial charge in [-0.3, -0.25) is 4.79 Å². The van der Waals surface area contributed by atoms with Crippen LogP contribution in [0.1, 0.15) is 40.5 Å². The standard InChI is InChI=1S/C13H22O5/c1-6-12(2,3)11(15)17-9-7-13(4,8-16-5)18-10(9)14/h9H,6-8H2,1-5H3. The fourth-order valence-corrected chi connectivity index (χ4v) is 1.74. The third-order valence-corrected chi connectivity index (χ3v) is 3.36. The Bertz CT molecular complexity index is 336. The molecule has 2 atom stereocenters. The van der Waals surface area contributed by atoms with Gasteiger partial charge < -0.3 is 14.2 Å². The number of cyclic esters (lactones) is 1. The molecule has 0 spiro atoms. The van der Waals surface area contributed by atoms with Crippen molar-refractivity contribution in [1.29, 1.82) is 0 Å². The Kier molecular flexibility index (Phi) is 4.37. The molecule has 1 aliphatic heterocycles. The molecule has 1 saturated heterocycles. The predicted octanol–water partition coefficient (Wildman–Crippen LogP) is 1.69. The van der Waals surface area contributed by atoms with Crippen molar-refractivity contribution < 1.29 is 23.8 Å². The third kappa shape index (κ3) is 3.22. The summed E-state index contributed by atoms with van der Waals surface area (Å²) >= 11 is 0. The van der Waals surface area contributed by atoms with E-state index >= 15 is 0 Å². The molecule has 1 heterocycles. The second-order valence-electron chi connectivity index (χ2n) is 5.64. The van der Waals surface area contributed by atoms with Crippen molar-refractivity contribution in [3.05, 3.63) is 0 Å². The molecule has 0 radical (unpaired) electrons. The van der Waals surface area contributed by atoms with Crippen molar-refractivity contribution in [3.63, 3.8) is 0 Å². The molecule has 104 valence electrons. The van der Waals surface area contributed by atoms with E-state index in [0.29, 0.717) is 19.4 Å². The van der Waals surface area contributed by atoms with Crippen LogP contribution in [0.2, 0.25) is 0 Å². The molecule has 2 unspecified atom stereocenters. The van der Waals surface area contributed by atoms with Crippen LogP contribution < -0.4 is 0 Å². The number of methoxy groups -OCH3 is 1. The Morgan fingerprint density at radius 3 is 2.67 bits per heavy atom. The van der Waals surface area contributed by atoms with Crippen molar-refractivity contribution in [2.45, 2.75) is 52.2 Å². The molecule has 1 fully saturated rings. The number of carbonyl (C=O) groups excluding carboxylic acids is 2. The number of carbonyl (C=O) groups is 2. The number of hydrogen-bond donors (Lipinski definition) is 0. The van der Waals surface area contributed by atoms with Gasteiger partial charge in [0.25, 0.3) is 0 Å². The topological polar surface area (TPSA) is 61.8 Å². The number of hydrogen-bond acceptors (Lipinski definition) is 5. The minimum Gasteiger partial charge on any atom is -0.454 e. The Balaban J connectivity index is 2.65. The molecule has 0 saturated carbocycles. The van der Waals surface area contributed by atoms with Gasteiger partial charge in [-0.1, -0.05) is 6.92 Å². The van der Waals surface area contributed by atoms with E-state index in [4.69, 9.17) is 14.2 Å². The average Bonchev–Trinajstić information content (AvgIpc) is 2.54. The van der Waals surface area contributed by atoms with E-state index < -0.39 is 23.1 Å². The van der Waals surface area contributed by atoms with Crippen LogP contribution in [-0.2, 0) is 23.8 Å². The maximum Gasteiger partial charge on any atom is 0.348 e. The van der Waals surface area contributed by atoms with Gasteiger partial charge in [-0.15, -0.1) is 0 Å². The molecule has 0 bridgehead atoms. The minimum absolute atomic E-state index is 0.296. The molecule has 1 aliphatic rings. The summed E-state index contributed by atoms with van der Waals surface area (Å²) in [5.74, 6) is -0.858. The fraction of sp³-hybridized carbons (Fsp3) is 0.846. The maximum atomic E-state index is 11.9. The lowest BCUT2D eigenvalue weighted by Gasteiger charge is -2.22. The zero-order valence-electron chi connectivity index (χ0n) is 11.7. The Morgan fingerprint density at radius 1 is 1.56 bits per heavy atom. The van der Waals surface area contributed by atoms with Crippen molar-refractivity contribution in [2.75, 3.05) is 13.7 Å². The van der Waals surface area contributed by atoms with Crippen molar-refractivity contribution in [3.8, 4) is 0 Å². The van der Waals surface area contributed by atoms with Crippen LogP contribution >= 0.6 is 0 Å². The molecule has 0 amide bonds. The summed E-state index contributed by atoms with van der Waals surface area (Å²) in [6, 6.07) is 0. The fourth-order valence-electron chi connectivity index (χ4n) is 1.74. The van der Waals surface area contributed by atoms with Gasteiger partial charge in [0.15, 0.2) is 0 Å². The first-order valence-electron chi connectivity index (χ1n) is 6.17. The monoisotopic (exact) mass is 258 g/mol. The quantitative estimate of drug-likeness (QED) is 0.702. The summed E-state index contributed by atoms with van der Waals surface area (Å²) in [6.45, 7) is 7.56. The van der Waals surface area contributed by atoms with E-state index in [9.17, 15) is 9.59 Å². The van der Waals surface area contributed by atoms with Crippen LogP contribution in [0.5, 0.6) is 0 Å². The van der Waals surface area contributed by atoms with Crippen LogP contribution in [0, 0.1) is 5.41 Å². The Labute approximate surface area is 108 Å². The SMILES string of the molecule is CCC(C)(C)C(=O)OC1CC(C)(COC)OC1=O. The van der Waals surface area contributed by atoms with E-state index in [2.05, 4.69) is 0 Å². The second kappa shape index (κ2) is 5.26. The van der Waals surface area contributed by atoms with Gasteiger partial charge in [-0.25, -0.2) is 4.79 Å². The molecule has 1 rings (SSSR count). The van der Waals surface area contributed by atoms with Crippen molar-refractivity contribution in [1.82, 2.24) is 0 Å². The van der Waals surface area contributed by atoms with E-state index in [-0.39, 0.29) is 5.97 Å². The van der Waals surface area contributed by atoms with E-state index in [0.717, 1.165) is 0 Å². The first-order valence-corrected chi connectivity index (χ1v) is 6.17. The summed E-state index contributed by atoms with van der Waals surface area (Å²) in [6.07, 6.45) is 0.178. The summed E-state index contributed by atoms with van der Waals surface area (Å²) in [4.78, 5) is 23.6. The number of rotatable bonds is 5. The summed E-state index contributed by atoms with van der Waals surface area (Å²) < 4.78 is 15.5. The van der Waals surface area contributed by atoms with Gasteiger partial charge in [0.05, 0.1) is 12.0 Å². The largest absolute Gasteiger partial charge is 0.454 e. The molecule has 18 heavy (non-hydrogen) atoms. The van der Waals surface area contributed by atoms with Crippen molar-refractivity contribution in [2.24, 2.45) is 5.41 Å². The van der Waals surface area contributed by atoms with Gasteiger partial charge in [0, 0.05) is 13.5 Å². The summed E-state index contributed by atoms with van der Waals surface area (Å²) in [5, 5.41) is 0. The summed E-state index contributed by atoms with van der Waals surface area (Å²) in [7, 11) is 1.54. The Morgan fingerprint density at radius 2 is 2.17 bits per heavy atom. The van der Waals surface area contributed by atoms with Crippen LogP contribution in [0.25, 0.3) is 0 Å². The number of ether oxygens (including phenoxy) is 3. The molecule has 0 aromatic rings. The molecular formula is C13H22O5. The highest BCUT2D eigenvalue weighted by Gasteiger charge is 2.46. The zero-order valence-corrected chi connectivity index (χ0v) is 11.7. The average molecular weight is 258 g/mol. The third-order valence-electron chi connectivity index (χ3n) is 3.36. The highest BCUT2D eigenvalue weighted by Crippen LogP contribution is 2.31. The maximum absolute atomic E-state index is 11.9. The highest BCUT2D eigenvalue weighted by atomic mass is 16.6.